The molecule has 0 atom stereocenters. The zero-order chi connectivity index (χ0) is 13.4. The van der Waals surface area contributed by atoms with Crippen LogP contribution in [-0.2, 0) is 11.3 Å². The third kappa shape index (κ3) is 4.33. The van der Waals surface area contributed by atoms with E-state index in [0.29, 0.717) is 6.54 Å². The fraction of sp³-hybridized carbons (Fsp3) is 0.538. The number of aromatic nitrogens is 1. The van der Waals surface area contributed by atoms with Crippen LogP contribution >= 0.6 is 0 Å². The summed E-state index contributed by atoms with van der Waals surface area (Å²) in [6.45, 7) is 6.95. The first kappa shape index (κ1) is 14.4. The molecule has 0 spiro atoms. The van der Waals surface area contributed by atoms with Gasteiger partial charge >= 0.3 is 0 Å². The van der Waals surface area contributed by atoms with E-state index in [2.05, 4.69) is 22.5 Å². The van der Waals surface area contributed by atoms with Crippen LogP contribution in [0, 0.1) is 0 Å². The van der Waals surface area contributed by atoms with Crippen LogP contribution in [-0.4, -0.2) is 37.6 Å². The molecule has 5 heteroatoms. The molecular weight excluding hydrogens is 228 g/mol. The minimum absolute atomic E-state index is 0.00428. The van der Waals surface area contributed by atoms with Gasteiger partial charge in [0.1, 0.15) is 5.82 Å². The molecule has 1 aromatic heterocycles. The lowest BCUT2D eigenvalue weighted by Gasteiger charge is -2.21. The lowest BCUT2D eigenvalue weighted by Crippen LogP contribution is -2.35. The number of hydrogen-bond acceptors (Lipinski definition) is 4. The Morgan fingerprint density at radius 1 is 1.39 bits per heavy atom. The predicted octanol–water partition coefficient (Wildman–Crippen LogP) is 0.763. The summed E-state index contributed by atoms with van der Waals surface area (Å²) in [4.78, 5) is 17.7. The van der Waals surface area contributed by atoms with Crippen molar-refractivity contribution in [2.45, 2.75) is 20.4 Å². The SMILES string of the molecule is CCNCc1ccc(N(CC)CC(=O)NC)nc1. The first-order valence-corrected chi connectivity index (χ1v) is 6.32. The van der Waals surface area contributed by atoms with Crippen LogP contribution < -0.4 is 15.5 Å². The highest BCUT2D eigenvalue weighted by Crippen LogP contribution is 2.10. The molecule has 0 saturated heterocycles. The van der Waals surface area contributed by atoms with E-state index in [9.17, 15) is 4.79 Å². The lowest BCUT2D eigenvalue weighted by atomic mass is 10.2. The normalized spacial score (nSPS) is 10.2. The summed E-state index contributed by atoms with van der Waals surface area (Å²) in [6, 6.07) is 4.00. The standard InChI is InChI=1S/C13H22N4O/c1-4-15-8-11-6-7-12(16-9-11)17(5-2)10-13(18)14-3/h6-7,9,15H,4-5,8,10H2,1-3H3,(H,14,18). The fourth-order valence-corrected chi connectivity index (χ4v) is 1.58. The summed E-state index contributed by atoms with van der Waals surface area (Å²) < 4.78 is 0. The van der Waals surface area contributed by atoms with Crippen molar-refractivity contribution in [3.8, 4) is 0 Å². The highest BCUT2D eigenvalue weighted by molar-refractivity contribution is 5.80. The Morgan fingerprint density at radius 2 is 2.17 bits per heavy atom. The number of likely N-dealkylation sites (N-methyl/N-ethyl adjacent to an activating group) is 2. The van der Waals surface area contributed by atoms with Gasteiger partial charge in [0.2, 0.25) is 5.91 Å². The highest BCUT2D eigenvalue weighted by Gasteiger charge is 2.09. The number of rotatable bonds is 7. The second-order valence-electron chi connectivity index (χ2n) is 3.99. The number of hydrogen-bond donors (Lipinski definition) is 2. The zero-order valence-electron chi connectivity index (χ0n) is 11.4. The monoisotopic (exact) mass is 250 g/mol. The molecule has 0 aliphatic heterocycles. The second-order valence-corrected chi connectivity index (χ2v) is 3.99. The molecule has 0 fully saturated rings. The molecule has 100 valence electrons. The third-order valence-corrected chi connectivity index (χ3v) is 2.71. The molecule has 18 heavy (non-hydrogen) atoms. The first-order chi connectivity index (χ1) is 8.71. The zero-order valence-corrected chi connectivity index (χ0v) is 11.4. The van der Waals surface area contributed by atoms with Crippen molar-refractivity contribution in [1.29, 1.82) is 0 Å². The van der Waals surface area contributed by atoms with Crippen molar-refractivity contribution in [1.82, 2.24) is 15.6 Å². The summed E-state index contributed by atoms with van der Waals surface area (Å²) in [5.41, 5.74) is 1.15. The van der Waals surface area contributed by atoms with Crippen LogP contribution in [0.15, 0.2) is 18.3 Å². The molecule has 5 nitrogen and oxygen atoms in total. The molecule has 1 aromatic rings. The van der Waals surface area contributed by atoms with Gasteiger partial charge in [0, 0.05) is 26.3 Å². The summed E-state index contributed by atoms with van der Waals surface area (Å²) in [6.07, 6.45) is 1.85. The fourth-order valence-electron chi connectivity index (χ4n) is 1.58. The molecule has 0 saturated carbocycles. The summed E-state index contributed by atoms with van der Waals surface area (Å²) in [5.74, 6) is 0.830. The molecule has 0 aliphatic carbocycles. The van der Waals surface area contributed by atoms with Gasteiger partial charge in [0.25, 0.3) is 0 Å². The van der Waals surface area contributed by atoms with Crippen molar-refractivity contribution >= 4 is 11.7 Å². The molecule has 0 unspecified atom stereocenters. The molecule has 1 heterocycles. The van der Waals surface area contributed by atoms with Gasteiger partial charge in [-0.15, -0.1) is 0 Å². The van der Waals surface area contributed by atoms with E-state index in [1.807, 2.05) is 30.2 Å². The van der Waals surface area contributed by atoms with Crippen LogP contribution in [0.5, 0.6) is 0 Å². The maximum Gasteiger partial charge on any atom is 0.239 e. The van der Waals surface area contributed by atoms with E-state index in [-0.39, 0.29) is 5.91 Å². The minimum Gasteiger partial charge on any atom is -0.358 e. The molecular formula is C13H22N4O. The average molecular weight is 250 g/mol. The smallest absolute Gasteiger partial charge is 0.239 e. The Morgan fingerprint density at radius 3 is 2.67 bits per heavy atom. The van der Waals surface area contributed by atoms with Gasteiger partial charge in [-0.05, 0) is 25.1 Å². The van der Waals surface area contributed by atoms with Gasteiger partial charge in [-0.25, -0.2) is 4.98 Å². The number of nitrogens with zero attached hydrogens (tertiary/aromatic N) is 2. The van der Waals surface area contributed by atoms with Crippen LogP contribution in [0.4, 0.5) is 5.82 Å². The third-order valence-electron chi connectivity index (χ3n) is 2.71. The first-order valence-electron chi connectivity index (χ1n) is 6.32. The van der Waals surface area contributed by atoms with Gasteiger partial charge < -0.3 is 15.5 Å². The molecule has 0 aliphatic rings. The number of amides is 1. The Kier molecular flexibility index (Phi) is 6.14. The molecule has 1 rings (SSSR count). The number of carbonyl (C=O) groups is 1. The van der Waals surface area contributed by atoms with Crippen molar-refractivity contribution in [3.05, 3.63) is 23.9 Å². The molecule has 0 bridgehead atoms. The van der Waals surface area contributed by atoms with Crippen molar-refractivity contribution < 1.29 is 4.79 Å². The van der Waals surface area contributed by atoms with E-state index in [1.165, 1.54) is 0 Å². The average Bonchev–Trinajstić information content (AvgIpc) is 2.42. The highest BCUT2D eigenvalue weighted by atomic mass is 16.1. The second kappa shape index (κ2) is 7.66. The van der Waals surface area contributed by atoms with Crippen LogP contribution in [0.1, 0.15) is 19.4 Å². The van der Waals surface area contributed by atoms with Crippen LogP contribution in [0.2, 0.25) is 0 Å². The molecule has 1 amide bonds. The summed E-state index contributed by atoms with van der Waals surface area (Å²) >= 11 is 0. The van der Waals surface area contributed by atoms with Crippen molar-refractivity contribution in [3.63, 3.8) is 0 Å². The number of pyridine rings is 1. The van der Waals surface area contributed by atoms with Gasteiger partial charge in [-0.2, -0.15) is 0 Å². The predicted molar refractivity (Wildman–Crippen MR) is 73.6 cm³/mol. The Labute approximate surface area is 109 Å². The Balaban J connectivity index is 2.66. The van der Waals surface area contributed by atoms with Crippen molar-refractivity contribution in [2.75, 3.05) is 31.6 Å². The van der Waals surface area contributed by atoms with Gasteiger partial charge in [0.15, 0.2) is 0 Å². The van der Waals surface area contributed by atoms with E-state index < -0.39 is 0 Å². The topological polar surface area (TPSA) is 57.3 Å². The Bertz CT molecular complexity index is 364. The van der Waals surface area contributed by atoms with Crippen LogP contribution in [0.3, 0.4) is 0 Å². The largest absolute Gasteiger partial charge is 0.358 e. The van der Waals surface area contributed by atoms with E-state index in [0.717, 1.165) is 31.0 Å². The number of anilines is 1. The molecule has 2 N–H and O–H groups in total. The van der Waals surface area contributed by atoms with E-state index in [1.54, 1.807) is 7.05 Å². The number of nitrogens with one attached hydrogen (secondary N) is 2. The lowest BCUT2D eigenvalue weighted by molar-refractivity contribution is -0.119. The quantitative estimate of drug-likeness (QED) is 0.750. The molecule has 0 radical (unpaired) electrons. The van der Waals surface area contributed by atoms with E-state index >= 15 is 0 Å². The minimum atomic E-state index is -0.00428. The van der Waals surface area contributed by atoms with Gasteiger partial charge in [0.05, 0.1) is 6.54 Å². The summed E-state index contributed by atoms with van der Waals surface area (Å²) in [5, 5.41) is 5.87. The molecule has 0 aromatic carbocycles. The maximum atomic E-state index is 11.4. The van der Waals surface area contributed by atoms with Gasteiger partial charge in [-0.1, -0.05) is 13.0 Å². The van der Waals surface area contributed by atoms with Crippen molar-refractivity contribution in [2.24, 2.45) is 0 Å². The van der Waals surface area contributed by atoms with E-state index in [4.69, 9.17) is 0 Å². The Hall–Kier alpha value is -1.62. The van der Waals surface area contributed by atoms with Crippen LogP contribution in [0.25, 0.3) is 0 Å². The van der Waals surface area contributed by atoms with Gasteiger partial charge in [-0.3, -0.25) is 4.79 Å². The summed E-state index contributed by atoms with van der Waals surface area (Å²) in [7, 11) is 1.64. The maximum absolute atomic E-state index is 11.4. The number of carbonyl (C=O) groups excluding carboxylic acids is 1.